The van der Waals surface area contributed by atoms with Crippen molar-refractivity contribution in [3.05, 3.63) is 12.2 Å². The Hall–Kier alpha value is -0.380. The molecule has 0 aliphatic carbocycles. The molecule has 0 aromatic heterocycles. The zero-order chi connectivity index (χ0) is 10.4. The van der Waals surface area contributed by atoms with Crippen molar-refractivity contribution in [2.24, 2.45) is 0 Å². The van der Waals surface area contributed by atoms with E-state index in [0.717, 1.165) is 38.9 Å². The van der Waals surface area contributed by atoms with E-state index in [1.807, 2.05) is 7.05 Å². The first-order valence-electron chi connectivity index (χ1n) is 5.47. The molecule has 1 aliphatic heterocycles. The van der Waals surface area contributed by atoms with Crippen molar-refractivity contribution in [2.45, 2.75) is 31.8 Å². The molecule has 0 unspecified atom stereocenters. The average Bonchev–Trinajstić information content (AvgIpc) is 2.19. The number of piperidine rings is 1. The quantitative estimate of drug-likeness (QED) is 0.451. The first-order valence-corrected chi connectivity index (χ1v) is 5.47. The summed E-state index contributed by atoms with van der Waals surface area (Å²) in [6.07, 6.45) is 3.37. The minimum atomic E-state index is 0.153. The van der Waals surface area contributed by atoms with E-state index < -0.39 is 0 Å². The molecule has 3 nitrogen and oxygen atoms in total. The first-order chi connectivity index (χ1) is 6.68. The van der Waals surface area contributed by atoms with Gasteiger partial charge in [0.25, 0.3) is 0 Å². The Morgan fingerprint density at radius 1 is 1.43 bits per heavy atom. The van der Waals surface area contributed by atoms with Gasteiger partial charge in [0.05, 0.1) is 5.66 Å². The van der Waals surface area contributed by atoms with Crippen LogP contribution >= 0.6 is 0 Å². The van der Waals surface area contributed by atoms with Gasteiger partial charge in [-0.1, -0.05) is 5.57 Å². The lowest BCUT2D eigenvalue weighted by Gasteiger charge is -2.38. The molecule has 3 N–H and O–H groups in total. The van der Waals surface area contributed by atoms with E-state index in [1.54, 1.807) is 0 Å². The SMILES string of the molecule is C=C(C)CCNC1(NC)CCNCC1. The molecule has 0 aromatic rings. The van der Waals surface area contributed by atoms with Crippen LogP contribution in [0.3, 0.4) is 0 Å². The van der Waals surface area contributed by atoms with Gasteiger partial charge in [-0.15, -0.1) is 6.58 Å². The van der Waals surface area contributed by atoms with Crippen LogP contribution in [0.25, 0.3) is 0 Å². The second-order valence-electron chi connectivity index (χ2n) is 4.22. The predicted molar refractivity (Wildman–Crippen MR) is 61.3 cm³/mol. The number of hydrogen-bond acceptors (Lipinski definition) is 3. The highest BCUT2D eigenvalue weighted by Gasteiger charge is 2.28. The summed E-state index contributed by atoms with van der Waals surface area (Å²) in [5, 5.41) is 10.4. The van der Waals surface area contributed by atoms with Crippen LogP contribution in [0.2, 0.25) is 0 Å². The lowest BCUT2D eigenvalue weighted by molar-refractivity contribution is 0.206. The fraction of sp³-hybridized carbons (Fsp3) is 0.818. The van der Waals surface area contributed by atoms with Crippen LogP contribution in [0.15, 0.2) is 12.2 Å². The van der Waals surface area contributed by atoms with Crippen molar-refractivity contribution in [3.8, 4) is 0 Å². The van der Waals surface area contributed by atoms with Crippen LogP contribution in [-0.4, -0.2) is 32.3 Å². The van der Waals surface area contributed by atoms with E-state index in [4.69, 9.17) is 0 Å². The van der Waals surface area contributed by atoms with Crippen LogP contribution in [0, 0.1) is 0 Å². The summed E-state index contributed by atoms with van der Waals surface area (Å²) in [6.45, 7) is 9.21. The molecule has 1 rings (SSSR count). The summed E-state index contributed by atoms with van der Waals surface area (Å²) in [6, 6.07) is 0. The maximum atomic E-state index is 3.91. The van der Waals surface area contributed by atoms with E-state index in [0.29, 0.717) is 0 Å². The molecule has 82 valence electrons. The van der Waals surface area contributed by atoms with Gasteiger partial charge in [-0.25, -0.2) is 0 Å². The topological polar surface area (TPSA) is 36.1 Å². The molecule has 1 saturated heterocycles. The van der Waals surface area contributed by atoms with Gasteiger partial charge in [0, 0.05) is 6.54 Å². The van der Waals surface area contributed by atoms with Gasteiger partial charge in [-0.3, -0.25) is 5.32 Å². The molecule has 0 amide bonds. The average molecular weight is 197 g/mol. The van der Waals surface area contributed by atoms with E-state index in [-0.39, 0.29) is 5.66 Å². The van der Waals surface area contributed by atoms with Gasteiger partial charge in [0.15, 0.2) is 0 Å². The number of hydrogen-bond donors (Lipinski definition) is 3. The lowest BCUT2D eigenvalue weighted by atomic mass is 9.98. The minimum absolute atomic E-state index is 0.153. The van der Waals surface area contributed by atoms with Crippen LogP contribution in [-0.2, 0) is 0 Å². The molecule has 0 aromatic carbocycles. The van der Waals surface area contributed by atoms with Gasteiger partial charge in [-0.05, 0) is 46.3 Å². The molecule has 0 bridgehead atoms. The third-order valence-corrected chi connectivity index (χ3v) is 2.95. The highest BCUT2D eigenvalue weighted by atomic mass is 15.2. The number of rotatable bonds is 5. The lowest BCUT2D eigenvalue weighted by Crippen LogP contribution is -2.60. The van der Waals surface area contributed by atoms with Crippen molar-refractivity contribution >= 4 is 0 Å². The summed E-state index contributed by atoms with van der Waals surface area (Å²) >= 11 is 0. The Kier molecular flexibility index (Phi) is 4.58. The Morgan fingerprint density at radius 3 is 2.57 bits per heavy atom. The zero-order valence-electron chi connectivity index (χ0n) is 9.45. The van der Waals surface area contributed by atoms with E-state index in [1.165, 1.54) is 5.57 Å². The Morgan fingerprint density at radius 2 is 2.07 bits per heavy atom. The smallest absolute Gasteiger partial charge is 0.0709 e. The zero-order valence-corrected chi connectivity index (χ0v) is 9.45. The van der Waals surface area contributed by atoms with Gasteiger partial charge >= 0.3 is 0 Å². The molecule has 1 aliphatic rings. The minimum Gasteiger partial charge on any atom is -0.316 e. The molecule has 0 radical (unpaired) electrons. The van der Waals surface area contributed by atoms with Gasteiger partial charge in [0.1, 0.15) is 0 Å². The Balaban J connectivity index is 2.32. The highest BCUT2D eigenvalue weighted by molar-refractivity contribution is 4.93. The van der Waals surface area contributed by atoms with Crippen LogP contribution < -0.4 is 16.0 Å². The maximum Gasteiger partial charge on any atom is 0.0709 e. The summed E-state index contributed by atoms with van der Waals surface area (Å²) in [4.78, 5) is 0. The summed E-state index contributed by atoms with van der Waals surface area (Å²) in [5.41, 5.74) is 1.40. The largest absolute Gasteiger partial charge is 0.316 e. The van der Waals surface area contributed by atoms with Gasteiger partial charge < -0.3 is 10.6 Å². The first kappa shape index (κ1) is 11.7. The second-order valence-corrected chi connectivity index (χ2v) is 4.22. The predicted octanol–water partition coefficient (Wildman–Crippen LogP) is 0.841. The fourth-order valence-electron chi connectivity index (χ4n) is 1.88. The van der Waals surface area contributed by atoms with Crippen LogP contribution in [0.1, 0.15) is 26.2 Å². The highest BCUT2D eigenvalue weighted by Crippen LogP contribution is 2.14. The fourth-order valence-corrected chi connectivity index (χ4v) is 1.88. The molecule has 0 atom stereocenters. The molecule has 0 saturated carbocycles. The molecule has 3 heteroatoms. The number of nitrogens with one attached hydrogen (secondary N) is 3. The van der Waals surface area contributed by atoms with E-state index >= 15 is 0 Å². The second kappa shape index (κ2) is 5.49. The van der Waals surface area contributed by atoms with Crippen molar-refractivity contribution in [1.82, 2.24) is 16.0 Å². The van der Waals surface area contributed by atoms with Crippen LogP contribution in [0.5, 0.6) is 0 Å². The molecular formula is C11H23N3. The van der Waals surface area contributed by atoms with Gasteiger partial charge in [0.2, 0.25) is 0 Å². The molecular weight excluding hydrogens is 174 g/mol. The third kappa shape index (κ3) is 3.40. The van der Waals surface area contributed by atoms with E-state index in [2.05, 4.69) is 29.5 Å². The summed E-state index contributed by atoms with van der Waals surface area (Å²) < 4.78 is 0. The maximum absolute atomic E-state index is 3.91. The standard InChI is InChI=1S/C11H23N3/c1-10(2)4-7-14-11(12-3)5-8-13-9-6-11/h12-14H,1,4-9H2,2-3H3. The Bertz CT molecular complexity index is 183. The van der Waals surface area contributed by atoms with Crippen molar-refractivity contribution in [2.75, 3.05) is 26.7 Å². The van der Waals surface area contributed by atoms with E-state index in [9.17, 15) is 0 Å². The molecule has 1 heterocycles. The monoisotopic (exact) mass is 197 g/mol. The summed E-state index contributed by atoms with van der Waals surface area (Å²) in [7, 11) is 2.04. The van der Waals surface area contributed by atoms with Crippen molar-refractivity contribution in [1.29, 1.82) is 0 Å². The third-order valence-electron chi connectivity index (χ3n) is 2.95. The Labute approximate surface area is 87.3 Å². The molecule has 14 heavy (non-hydrogen) atoms. The summed E-state index contributed by atoms with van der Waals surface area (Å²) in [5.74, 6) is 0. The normalized spacial score (nSPS) is 20.7. The van der Waals surface area contributed by atoms with Crippen molar-refractivity contribution < 1.29 is 0 Å². The molecule has 1 fully saturated rings. The molecule has 0 spiro atoms. The van der Waals surface area contributed by atoms with Crippen LogP contribution in [0.4, 0.5) is 0 Å². The van der Waals surface area contributed by atoms with Crippen molar-refractivity contribution in [3.63, 3.8) is 0 Å². The van der Waals surface area contributed by atoms with Gasteiger partial charge in [-0.2, -0.15) is 0 Å².